The molecule has 1 aromatic carbocycles. The predicted octanol–water partition coefficient (Wildman–Crippen LogP) is 2.47. The normalized spacial score (nSPS) is 11.2. The number of aromatic nitrogens is 2. The zero-order chi connectivity index (χ0) is 15.5. The number of ether oxygens (including phenoxy) is 1. The Morgan fingerprint density at radius 1 is 1.33 bits per heavy atom. The van der Waals surface area contributed by atoms with E-state index < -0.39 is 15.8 Å². The average molecular weight is 332 g/mol. The third kappa shape index (κ3) is 3.79. The minimum absolute atomic E-state index is 0.0360. The fraction of sp³-hybridized carbons (Fsp3) is 0.167. The topological polar surface area (TPSA) is 81.2 Å². The van der Waals surface area contributed by atoms with Crippen molar-refractivity contribution in [3.8, 4) is 5.88 Å². The zero-order valence-electron chi connectivity index (χ0n) is 10.9. The number of nitrogens with zero attached hydrogens (tertiary/aromatic N) is 2. The molecule has 0 saturated carbocycles. The lowest BCUT2D eigenvalue weighted by Crippen LogP contribution is -2.14. The molecular weight excluding hydrogens is 321 g/mol. The third-order valence-corrected chi connectivity index (χ3v) is 4.02. The van der Waals surface area contributed by atoms with E-state index in [1.54, 1.807) is 6.92 Å². The average Bonchev–Trinajstić information content (AvgIpc) is 2.42. The Hall–Kier alpha value is -1.93. The Balaban J connectivity index is 2.28. The summed E-state index contributed by atoms with van der Waals surface area (Å²) in [6.45, 7) is 2.16. The number of halogens is 2. The van der Waals surface area contributed by atoms with Gasteiger partial charge in [0.15, 0.2) is 0 Å². The van der Waals surface area contributed by atoms with Gasteiger partial charge in [-0.3, -0.25) is 4.72 Å². The molecule has 0 radical (unpaired) electrons. The molecule has 0 aliphatic heterocycles. The second-order valence-corrected chi connectivity index (χ2v) is 5.95. The Morgan fingerprint density at radius 2 is 2.10 bits per heavy atom. The summed E-state index contributed by atoms with van der Waals surface area (Å²) in [5.74, 6) is -0.424. The fourth-order valence-corrected chi connectivity index (χ4v) is 2.73. The van der Waals surface area contributed by atoms with Crippen molar-refractivity contribution in [3.05, 3.63) is 41.4 Å². The summed E-state index contributed by atoms with van der Waals surface area (Å²) in [7, 11) is -3.93. The molecule has 0 bridgehead atoms. The molecule has 1 aromatic heterocycles. The van der Waals surface area contributed by atoms with Crippen molar-refractivity contribution in [3.63, 3.8) is 0 Å². The van der Waals surface area contributed by atoms with Gasteiger partial charge in [-0.05, 0) is 25.1 Å². The molecule has 2 aromatic rings. The molecular formula is C12H11ClFN3O3S. The van der Waals surface area contributed by atoms with E-state index in [1.807, 2.05) is 0 Å². The van der Waals surface area contributed by atoms with Gasteiger partial charge < -0.3 is 4.74 Å². The molecule has 0 saturated heterocycles. The fourth-order valence-electron chi connectivity index (χ4n) is 1.46. The molecule has 0 unspecified atom stereocenters. The lowest BCUT2D eigenvalue weighted by molar-refractivity contribution is 0.326. The zero-order valence-corrected chi connectivity index (χ0v) is 12.4. The number of nitrogens with one attached hydrogen (secondary N) is 1. The molecule has 1 heterocycles. The summed E-state index contributed by atoms with van der Waals surface area (Å²) in [5.41, 5.74) is 0. The summed E-state index contributed by atoms with van der Waals surface area (Å²) in [5, 5.41) is -0.282. The van der Waals surface area contributed by atoms with Gasteiger partial charge in [0.1, 0.15) is 18.0 Å². The van der Waals surface area contributed by atoms with Crippen LogP contribution < -0.4 is 9.46 Å². The molecule has 0 aliphatic carbocycles. The first kappa shape index (κ1) is 15.5. The smallest absolute Gasteiger partial charge is 0.263 e. The van der Waals surface area contributed by atoms with Crippen LogP contribution in [0.15, 0.2) is 35.5 Å². The van der Waals surface area contributed by atoms with Crippen LogP contribution in [0.3, 0.4) is 0 Å². The molecule has 0 fully saturated rings. The molecule has 6 nitrogen and oxygen atoms in total. The van der Waals surface area contributed by atoms with Crippen molar-refractivity contribution in [2.45, 2.75) is 11.8 Å². The van der Waals surface area contributed by atoms with Crippen molar-refractivity contribution in [2.24, 2.45) is 0 Å². The molecule has 21 heavy (non-hydrogen) atoms. The van der Waals surface area contributed by atoms with Gasteiger partial charge in [0.25, 0.3) is 10.0 Å². The highest BCUT2D eigenvalue weighted by Gasteiger charge is 2.17. The van der Waals surface area contributed by atoms with Crippen LogP contribution in [0, 0.1) is 5.82 Å². The monoisotopic (exact) mass is 331 g/mol. The second-order valence-electron chi connectivity index (χ2n) is 3.86. The first-order chi connectivity index (χ1) is 9.92. The summed E-state index contributed by atoms with van der Waals surface area (Å²) in [4.78, 5) is 7.43. The minimum Gasteiger partial charge on any atom is -0.478 e. The first-order valence-corrected chi connectivity index (χ1v) is 7.71. The highest BCUT2D eigenvalue weighted by molar-refractivity contribution is 7.92. The standard InChI is InChI=1S/C12H11ClFN3O3S/c1-2-20-12-6-11(15-7-16-12)17-21(18,19)8-3-4-10(14)9(13)5-8/h3-7H,2H2,1H3,(H,15,16,17). The molecule has 0 atom stereocenters. The molecule has 0 spiro atoms. The quantitative estimate of drug-likeness (QED) is 0.910. The third-order valence-electron chi connectivity index (χ3n) is 2.37. The predicted molar refractivity (Wildman–Crippen MR) is 75.4 cm³/mol. The van der Waals surface area contributed by atoms with Gasteiger partial charge in [0, 0.05) is 6.07 Å². The number of anilines is 1. The van der Waals surface area contributed by atoms with E-state index in [0.29, 0.717) is 6.61 Å². The number of rotatable bonds is 5. The summed E-state index contributed by atoms with van der Waals surface area (Å²) >= 11 is 5.58. The van der Waals surface area contributed by atoms with Crippen molar-refractivity contribution in [1.82, 2.24) is 9.97 Å². The van der Waals surface area contributed by atoms with Crippen LogP contribution in [0.4, 0.5) is 10.2 Å². The molecule has 112 valence electrons. The van der Waals surface area contributed by atoms with Gasteiger partial charge in [-0.2, -0.15) is 0 Å². The molecule has 2 rings (SSSR count). The molecule has 0 aliphatic rings. The van der Waals surface area contributed by atoms with E-state index in [-0.39, 0.29) is 21.6 Å². The van der Waals surface area contributed by atoms with Crippen LogP contribution in [-0.2, 0) is 10.0 Å². The highest BCUT2D eigenvalue weighted by atomic mass is 35.5. The van der Waals surface area contributed by atoms with Gasteiger partial charge in [-0.1, -0.05) is 11.6 Å². The number of sulfonamides is 1. The highest BCUT2D eigenvalue weighted by Crippen LogP contribution is 2.21. The maximum atomic E-state index is 13.1. The van der Waals surface area contributed by atoms with Gasteiger partial charge >= 0.3 is 0 Å². The maximum absolute atomic E-state index is 13.1. The lowest BCUT2D eigenvalue weighted by Gasteiger charge is -2.08. The Kier molecular flexibility index (Phi) is 4.59. The van der Waals surface area contributed by atoms with Crippen molar-refractivity contribution >= 4 is 27.4 Å². The number of hydrogen-bond acceptors (Lipinski definition) is 5. The number of hydrogen-bond donors (Lipinski definition) is 1. The van der Waals surface area contributed by atoms with E-state index in [2.05, 4.69) is 14.7 Å². The van der Waals surface area contributed by atoms with Crippen molar-refractivity contribution in [2.75, 3.05) is 11.3 Å². The van der Waals surface area contributed by atoms with Crippen LogP contribution in [0.5, 0.6) is 5.88 Å². The summed E-state index contributed by atoms with van der Waals surface area (Å²) in [6, 6.07) is 4.44. The van der Waals surface area contributed by atoms with E-state index >= 15 is 0 Å². The van der Waals surface area contributed by atoms with Crippen LogP contribution >= 0.6 is 11.6 Å². The van der Waals surface area contributed by atoms with Gasteiger partial charge in [-0.25, -0.2) is 22.8 Å². The maximum Gasteiger partial charge on any atom is 0.263 e. The van der Waals surface area contributed by atoms with Crippen LogP contribution in [-0.4, -0.2) is 25.0 Å². The summed E-state index contributed by atoms with van der Waals surface area (Å²) < 4.78 is 44.7. The van der Waals surface area contributed by atoms with Crippen molar-refractivity contribution in [1.29, 1.82) is 0 Å². The van der Waals surface area contributed by atoms with Gasteiger partial charge in [-0.15, -0.1) is 0 Å². The van der Waals surface area contributed by atoms with Crippen LogP contribution in [0.25, 0.3) is 0 Å². The largest absolute Gasteiger partial charge is 0.478 e. The Morgan fingerprint density at radius 3 is 2.76 bits per heavy atom. The van der Waals surface area contributed by atoms with Gasteiger partial charge in [0.05, 0.1) is 16.5 Å². The van der Waals surface area contributed by atoms with Crippen molar-refractivity contribution < 1.29 is 17.5 Å². The van der Waals surface area contributed by atoms with E-state index in [0.717, 1.165) is 18.2 Å². The summed E-state index contributed by atoms with van der Waals surface area (Å²) in [6.07, 6.45) is 1.17. The number of benzene rings is 1. The Bertz CT molecular complexity index is 755. The van der Waals surface area contributed by atoms with E-state index in [4.69, 9.17) is 16.3 Å². The first-order valence-electron chi connectivity index (χ1n) is 5.85. The van der Waals surface area contributed by atoms with Gasteiger partial charge in [0.2, 0.25) is 5.88 Å². The van der Waals surface area contributed by atoms with Crippen LogP contribution in [0.1, 0.15) is 6.92 Å². The van der Waals surface area contributed by atoms with E-state index in [1.165, 1.54) is 12.4 Å². The second kappa shape index (κ2) is 6.23. The SMILES string of the molecule is CCOc1cc(NS(=O)(=O)c2ccc(F)c(Cl)c2)ncn1. The Labute approximate surface area is 126 Å². The minimum atomic E-state index is -3.93. The molecule has 9 heteroatoms. The van der Waals surface area contributed by atoms with Crippen LogP contribution in [0.2, 0.25) is 5.02 Å². The molecule has 0 amide bonds. The molecule has 1 N–H and O–H groups in total. The van der Waals surface area contributed by atoms with E-state index in [9.17, 15) is 12.8 Å². The lowest BCUT2D eigenvalue weighted by atomic mass is 10.3.